The SMILES string of the molecule is [CH2]CCCCCc1cc(-c2ccc(Cl)cc2)co1. The summed E-state index contributed by atoms with van der Waals surface area (Å²) in [6.45, 7) is 3.85. The Balaban J connectivity index is 1.95. The lowest BCUT2D eigenvalue weighted by Crippen LogP contribution is -1.82. The maximum atomic E-state index is 5.87. The van der Waals surface area contributed by atoms with E-state index in [1.54, 1.807) is 0 Å². The third-order valence-corrected chi connectivity index (χ3v) is 3.26. The standard InChI is InChI=1S/C16H18ClO/c1-2-3-4-5-6-16-11-14(12-18-16)13-7-9-15(17)10-8-13/h7-12H,1-6H2. The van der Waals surface area contributed by atoms with Crippen LogP contribution in [-0.4, -0.2) is 0 Å². The summed E-state index contributed by atoms with van der Waals surface area (Å²) in [5, 5.41) is 0.760. The molecule has 1 aromatic heterocycles. The summed E-state index contributed by atoms with van der Waals surface area (Å²) in [5.41, 5.74) is 2.27. The fourth-order valence-electron chi connectivity index (χ4n) is 1.96. The van der Waals surface area contributed by atoms with E-state index < -0.39 is 0 Å². The summed E-state index contributed by atoms with van der Waals surface area (Å²) in [4.78, 5) is 0. The first-order chi connectivity index (χ1) is 8.79. The average Bonchev–Trinajstić information content (AvgIpc) is 2.84. The Morgan fingerprint density at radius 3 is 2.50 bits per heavy atom. The topological polar surface area (TPSA) is 13.1 Å². The number of rotatable bonds is 6. The highest BCUT2D eigenvalue weighted by Gasteiger charge is 2.04. The van der Waals surface area contributed by atoms with Crippen LogP contribution < -0.4 is 0 Å². The Hall–Kier alpha value is -1.21. The number of furan rings is 1. The summed E-state index contributed by atoms with van der Waals surface area (Å²) in [6, 6.07) is 9.95. The van der Waals surface area contributed by atoms with Crippen molar-refractivity contribution in [1.29, 1.82) is 0 Å². The van der Waals surface area contributed by atoms with Crippen LogP contribution >= 0.6 is 11.6 Å². The third-order valence-electron chi connectivity index (χ3n) is 3.00. The smallest absolute Gasteiger partial charge is 0.104 e. The van der Waals surface area contributed by atoms with Crippen LogP contribution in [0, 0.1) is 6.92 Å². The number of unbranched alkanes of at least 4 members (excludes halogenated alkanes) is 3. The highest BCUT2D eigenvalue weighted by atomic mass is 35.5. The summed E-state index contributed by atoms with van der Waals surface area (Å²) in [7, 11) is 0. The van der Waals surface area contributed by atoms with Crippen molar-refractivity contribution < 1.29 is 4.42 Å². The minimum Gasteiger partial charge on any atom is -0.469 e. The Morgan fingerprint density at radius 2 is 1.78 bits per heavy atom. The molecule has 0 bridgehead atoms. The van der Waals surface area contributed by atoms with Crippen LogP contribution in [0.1, 0.15) is 31.4 Å². The van der Waals surface area contributed by atoms with Gasteiger partial charge in [-0.1, -0.05) is 49.9 Å². The number of hydrogen-bond acceptors (Lipinski definition) is 1. The fraction of sp³-hybridized carbons (Fsp3) is 0.312. The van der Waals surface area contributed by atoms with E-state index in [4.69, 9.17) is 16.0 Å². The first kappa shape index (κ1) is 13.2. The summed E-state index contributed by atoms with van der Waals surface area (Å²) in [6.07, 6.45) is 7.44. The zero-order valence-corrected chi connectivity index (χ0v) is 11.2. The average molecular weight is 262 g/mol. The Labute approximate surface area is 114 Å². The first-order valence-corrected chi connectivity index (χ1v) is 6.80. The summed E-state index contributed by atoms with van der Waals surface area (Å²) >= 11 is 5.87. The minimum atomic E-state index is 0.760. The van der Waals surface area contributed by atoms with Crippen LogP contribution in [0.5, 0.6) is 0 Å². The molecule has 0 atom stereocenters. The summed E-state index contributed by atoms with van der Waals surface area (Å²) in [5.74, 6) is 1.06. The third kappa shape index (κ3) is 3.64. The van der Waals surface area contributed by atoms with Crippen molar-refractivity contribution in [3.8, 4) is 11.1 Å². The Morgan fingerprint density at radius 1 is 1.00 bits per heavy atom. The van der Waals surface area contributed by atoms with E-state index in [0.29, 0.717) is 0 Å². The monoisotopic (exact) mass is 261 g/mol. The van der Waals surface area contributed by atoms with Gasteiger partial charge >= 0.3 is 0 Å². The Bertz CT molecular complexity index is 470. The van der Waals surface area contributed by atoms with E-state index >= 15 is 0 Å². The van der Waals surface area contributed by atoms with Crippen LogP contribution in [0.15, 0.2) is 41.0 Å². The summed E-state index contributed by atoms with van der Waals surface area (Å²) < 4.78 is 5.58. The van der Waals surface area contributed by atoms with Crippen molar-refractivity contribution >= 4 is 11.6 Å². The molecule has 0 aliphatic carbocycles. The molecular weight excluding hydrogens is 244 g/mol. The molecule has 0 unspecified atom stereocenters. The largest absolute Gasteiger partial charge is 0.469 e. The minimum absolute atomic E-state index is 0.760. The van der Waals surface area contributed by atoms with Crippen molar-refractivity contribution in [3.63, 3.8) is 0 Å². The maximum absolute atomic E-state index is 5.87. The van der Waals surface area contributed by atoms with Crippen LogP contribution in [0.4, 0.5) is 0 Å². The van der Waals surface area contributed by atoms with Gasteiger partial charge in [0, 0.05) is 17.0 Å². The molecule has 0 saturated heterocycles. The zero-order chi connectivity index (χ0) is 12.8. The molecule has 1 nitrogen and oxygen atoms in total. The molecule has 2 aromatic rings. The second-order valence-corrected chi connectivity index (χ2v) is 4.91. The van der Waals surface area contributed by atoms with Crippen molar-refractivity contribution in [2.24, 2.45) is 0 Å². The van der Waals surface area contributed by atoms with E-state index in [2.05, 4.69) is 13.0 Å². The molecule has 2 rings (SSSR count). The Kier molecular flexibility index (Phi) is 4.89. The van der Waals surface area contributed by atoms with Crippen molar-refractivity contribution in [2.45, 2.75) is 32.1 Å². The molecule has 0 saturated carbocycles. The van der Waals surface area contributed by atoms with Gasteiger partial charge in [-0.25, -0.2) is 0 Å². The van der Waals surface area contributed by atoms with Crippen LogP contribution in [0.3, 0.4) is 0 Å². The van der Waals surface area contributed by atoms with Crippen LogP contribution in [0.25, 0.3) is 11.1 Å². The zero-order valence-electron chi connectivity index (χ0n) is 10.5. The lowest BCUT2D eigenvalue weighted by Gasteiger charge is -1.96. The second-order valence-electron chi connectivity index (χ2n) is 4.47. The molecule has 0 fully saturated rings. The molecular formula is C16H18ClO. The molecule has 1 heterocycles. The highest BCUT2D eigenvalue weighted by molar-refractivity contribution is 6.30. The molecule has 0 spiro atoms. The molecule has 0 amide bonds. The van der Waals surface area contributed by atoms with Crippen molar-refractivity contribution in [2.75, 3.05) is 0 Å². The fourth-order valence-corrected chi connectivity index (χ4v) is 2.08. The molecule has 95 valence electrons. The quantitative estimate of drug-likeness (QED) is 0.623. The number of aryl methyl sites for hydroxylation is 1. The number of hydrogen-bond donors (Lipinski definition) is 0. The van der Waals surface area contributed by atoms with Gasteiger partial charge in [0.15, 0.2) is 0 Å². The van der Waals surface area contributed by atoms with Gasteiger partial charge in [-0.2, -0.15) is 0 Å². The number of halogens is 1. The predicted octanol–water partition coefficient (Wildman–Crippen LogP) is 5.54. The van der Waals surface area contributed by atoms with Gasteiger partial charge in [0.25, 0.3) is 0 Å². The van der Waals surface area contributed by atoms with Gasteiger partial charge in [0.05, 0.1) is 6.26 Å². The van der Waals surface area contributed by atoms with E-state index in [1.807, 2.05) is 30.5 Å². The van der Waals surface area contributed by atoms with E-state index in [1.165, 1.54) is 19.3 Å². The lowest BCUT2D eigenvalue weighted by molar-refractivity contribution is 0.496. The molecule has 0 aliphatic heterocycles. The van der Waals surface area contributed by atoms with Crippen molar-refractivity contribution in [1.82, 2.24) is 0 Å². The van der Waals surface area contributed by atoms with Gasteiger partial charge in [0.1, 0.15) is 5.76 Å². The van der Waals surface area contributed by atoms with Crippen LogP contribution in [0.2, 0.25) is 5.02 Å². The maximum Gasteiger partial charge on any atom is 0.104 e. The second kappa shape index (κ2) is 6.65. The molecule has 1 radical (unpaired) electrons. The van der Waals surface area contributed by atoms with Gasteiger partial charge in [-0.15, -0.1) is 0 Å². The lowest BCUT2D eigenvalue weighted by atomic mass is 10.1. The van der Waals surface area contributed by atoms with E-state index in [9.17, 15) is 0 Å². The van der Waals surface area contributed by atoms with E-state index in [-0.39, 0.29) is 0 Å². The first-order valence-electron chi connectivity index (χ1n) is 6.42. The van der Waals surface area contributed by atoms with E-state index in [0.717, 1.165) is 34.8 Å². The molecule has 18 heavy (non-hydrogen) atoms. The van der Waals surface area contributed by atoms with Gasteiger partial charge in [-0.05, 0) is 30.2 Å². The van der Waals surface area contributed by atoms with Gasteiger partial charge < -0.3 is 4.42 Å². The predicted molar refractivity (Wildman–Crippen MR) is 76.7 cm³/mol. The molecule has 0 N–H and O–H groups in total. The van der Waals surface area contributed by atoms with Crippen molar-refractivity contribution in [3.05, 3.63) is 54.3 Å². The van der Waals surface area contributed by atoms with Gasteiger partial charge in [0.2, 0.25) is 0 Å². The molecule has 1 aromatic carbocycles. The van der Waals surface area contributed by atoms with Crippen LogP contribution in [-0.2, 0) is 6.42 Å². The van der Waals surface area contributed by atoms with Gasteiger partial charge in [-0.3, -0.25) is 0 Å². The molecule has 2 heteroatoms. The normalized spacial score (nSPS) is 10.8. The number of benzene rings is 1. The highest BCUT2D eigenvalue weighted by Crippen LogP contribution is 2.24. The molecule has 0 aliphatic rings.